The maximum absolute atomic E-state index is 7.18. The Morgan fingerprint density at radius 3 is 2.50 bits per heavy atom. The van der Waals surface area contributed by atoms with E-state index in [2.05, 4.69) is 20.8 Å². The highest BCUT2D eigenvalue weighted by Crippen LogP contribution is 2.34. The van der Waals surface area contributed by atoms with E-state index in [0.717, 1.165) is 17.1 Å². The molecule has 0 aliphatic heterocycles. The van der Waals surface area contributed by atoms with Crippen LogP contribution in [0.4, 0.5) is 0 Å². The van der Waals surface area contributed by atoms with Gasteiger partial charge < -0.3 is 15.2 Å². The highest BCUT2D eigenvalue weighted by atomic mass is 16.5. The summed E-state index contributed by atoms with van der Waals surface area (Å²) < 4.78 is 10.9. The number of hydrogen-bond acceptors (Lipinski definition) is 3. The Balaban J connectivity index is 2.92. The van der Waals surface area contributed by atoms with Crippen molar-refractivity contribution in [3.63, 3.8) is 0 Å². The summed E-state index contributed by atoms with van der Waals surface area (Å²) in [5, 5.41) is 7.18. The second-order valence-electron chi connectivity index (χ2n) is 5.24. The van der Waals surface area contributed by atoms with E-state index in [1.54, 1.807) is 7.11 Å². The number of methoxy groups -OCH3 is 1. The Bertz CT molecular complexity index is 422. The van der Waals surface area contributed by atoms with Gasteiger partial charge in [-0.2, -0.15) is 0 Å². The van der Waals surface area contributed by atoms with E-state index in [9.17, 15) is 0 Å². The van der Waals surface area contributed by atoms with Crippen LogP contribution >= 0.6 is 0 Å². The van der Waals surface area contributed by atoms with E-state index in [-0.39, 0.29) is 11.3 Å². The molecule has 0 aromatic heterocycles. The number of amidine groups is 1. The second-order valence-corrected chi connectivity index (χ2v) is 5.24. The molecule has 18 heavy (non-hydrogen) atoms. The first-order valence-corrected chi connectivity index (χ1v) is 5.99. The molecule has 0 bridgehead atoms. The lowest BCUT2D eigenvalue weighted by molar-refractivity contribution is 0.317. The largest absolute Gasteiger partial charge is 0.497 e. The third-order valence-electron chi connectivity index (χ3n) is 2.62. The molecule has 0 saturated carbocycles. The van der Waals surface area contributed by atoms with Crippen LogP contribution in [0.2, 0.25) is 0 Å². The summed E-state index contributed by atoms with van der Waals surface area (Å²) in [5.41, 5.74) is 6.37. The molecule has 0 aliphatic carbocycles. The zero-order valence-electron chi connectivity index (χ0n) is 11.5. The van der Waals surface area contributed by atoms with Crippen molar-refractivity contribution in [1.82, 2.24) is 0 Å². The molecule has 1 rings (SSSR count). The fourth-order valence-electron chi connectivity index (χ4n) is 1.62. The molecule has 0 saturated heterocycles. The van der Waals surface area contributed by atoms with Crippen LogP contribution in [0.5, 0.6) is 11.5 Å². The first-order chi connectivity index (χ1) is 8.34. The van der Waals surface area contributed by atoms with Gasteiger partial charge in [-0.15, -0.1) is 0 Å². The molecule has 0 atom stereocenters. The van der Waals surface area contributed by atoms with Crippen LogP contribution < -0.4 is 15.2 Å². The fraction of sp³-hybridized carbons (Fsp3) is 0.500. The number of hydrogen-bond donors (Lipinski definition) is 2. The van der Waals surface area contributed by atoms with Gasteiger partial charge in [-0.1, -0.05) is 20.8 Å². The molecule has 4 nitrogen and oxygen atoms in total. The van der Waals surface area contributed by atoms with Crippen molar-refractivity contribution in [3.05, 3.63) is 23.8 Å². The SMILES string of the molecule is COc1ccc(OCCC(=N)N)c(C(C)(C)C)c1. The molecular weight excluding hydrogens is 228 g/mol. The number of nitrogens with two attached hydrogens (primary N) is 1. The van der Waals surface area contributed by atoms with Gasteiger partial charge in [0, 0.05) is 12.0 Å². The lowest BCUT2D eigenvalue weighted by Crippen LogP contribution is -2.17. The molecule has 0 fully saturated rings. The molecule has 0 amide bonds. The maximum Gasteiger partial charge on any atom is 0.123 e. The van der Waals surface area contributed by atoms with Crippen LogP contribution in [0.15, 0.2) is 18.2 Å². The van der Waals surface area contributed by atoms with Gasteiger partial charge in [-0.05, 0) is 23.6 Å². The Morgan fingerprint density at radius 1 is 1.33 bits per heavy atom. The van der Waals surface area contributed by atoms with Gasteiger partial charge in [0.05, 0.1) is 19.6 Å². The molecule has 0 radical (unpaired) electrons. The predicted molar refractivity (Wildman–Crippen MR) is 73.7 cm³/mol. The highest BCUT2D eigenvalue weighted by Gasteiger charge is 2.19. The van der Waals surface area contributed by atoms with E-state index in [4.69, 9.17) is 20.6 Å². The van der Waals surface area contributed by atoms with Crippen LogP contribution in [0.3, 0.4) is 0 Å². The van der Waals surface area contributed by atoms with Crippen molar-refractivity contribution in [2.24, 2.45) is 5.73 Å². The second kappa shape index (κ2) is 5.76. The van der Waals surface area contributed by atoms with Gasteiger partial charge in [-0.3, -0.25) is 5.41 Å². The minimum Gasteiger partial charge on any atom is -0.497 e. The Kier molecular flexibility index (Phi) is 4.59. The summed E-state index contributed by atoms with van der Waals surface area (Å²) in [7, 11) is 1.65. The van der Waals surface area contributed by atoms with Gasteiger partial charge in [0.25, 0.3) is 0 Å². The smallest absolute Gasteiger partial charge is 0.123 e. The topological polar surface area (TPSA) is 68.3 Å². The van der Waals surface area contributed by atoms with Gasteiger partial charge in [0.15, 0.2) is 0 Å². The highest BCUT2D eigenvalue weighted by molar-refractivity contribution is 5.76. The van der Waals surface area contributed by atoms with Gasteiger partial charge >= 0.3 is 0 Å². The quantitative estimate of drug-likeness (QED) is 0.623. The van der Waals surface area contributed by atoms with E-state index in [1.807, 2.05) is 18.2 Å². The Hall–Kier alpha value is -1.71. The molecule has 0 aliphatic rings. The number of benzene rings is 1. The van der Waals surface area contributed by atoms with Crippen molar-refractivity contribution in [3.8, 4) is 11.5 Å². The molecule has 100 valence electrons. The van der Waals surface area contributed by atoms with E-state index >= 15 is 0 Å². The third-order valence-corrected chi connectivity index (χ3v) is 2.62. The van der Waals surface area contributed by atoms with Crippen molar-refractivity contribution in [1.29, 1.82) is 5.41 Å². The standard InChI is InChI=1S/C14H22N2O2/c1-14(2,3)11-9-10(17-4)5-6-12(11)18-8-7-13(15)16/h5-6,9H,7-8H2,1-4H3,(H3,15,16). The van der Waals surface area contributed by atoms with Gasteiger partial charge in [0.2, 0.25) is 0 Å². The summed E-state index contributed by atoms with van der Waals surface area (Å²) in [6.45, 7) is 6.80. The molecular formula is C14H22N2O2. The zero-order valence-corrected chi connectivity index (χ0v) is 11.5. The normalized spacial score (nSPS) is 11.1. The molecule has 4 heteroatoms. The van der Waals surface area contributed by atoms with Crippen LogP contribution in [0, 0.1) is 5.41 Å². The van der Waals surface area contributed by atoms with E-state index in [1.165, 1.54) is 0 Å². The van der Waals surface area contributed by atoms with Gasteiger partial charge in [0.1, 0.15) is 11.5 Å². The van der Waals surface area contributed by atoms with Crippen molar-refractivity contribution >= 4 is 5.84 Å². The molecule has 0 unspecified atom stereocenters. The molecule has 3 N–H and O–H groups in total. The Labute approximate surface area is 109 Å². The average Bonchev–Trinajstić information content (AvgIpc) is 2.27. The third kappa shape index (κ3) is 3.95. The summed E-state index contributed by atoms with van der Waals surface area (Å²) >= 11 is 0. The van der Waals surface area contributed by atoms with Crippen molar-refractivity contribution in [2.45, 2.75) is 32.6 Å². The van der Waals surface area contributed by atoms with Crippen LogP contribution in [-0.2, 0) is 5.41 Å². The maximum atomic E-state index is 7.18. The van der Waals surface area contributed by atoms with E-state index in [0.29, 0.717) is 13.0 Å². The number of ether oxygens (including phenoxy) is 2. The summed E-state index contributed by atoms with van der Waals surface area (Å²) in [6.07, 6.45) is 0.440. The molecule has 1 aromatic rings. The van der Waals surface area contributed by atoms with Crippen LogP contribution in [0.1, 0.15) is 32.8 Å². The molecule has 1 aromatic carbocycles. The summed E-state index contributed by atoms with van der Waals surface area (Å²) in [6, 6.07) is 5.76. The summed E-state index contributed by atoms with van der Waals surface area (Å²) in [4.78, 5) is 0. The predicted octanol–water partition coefficient (Wildman–Crippen LogP) is 2.70. The van der Waals surface area contributed by atoms with Crippen molar-refractivity contribution in [2.75, 3.05) is 13.7 Å². The monoisotopic (exact) mass is 250 g/mol. The Morgan fingerprint density at radius 2 is 2.00 bits per heavy atom. The minimum atomic E-state index is -0.0277. The van der Waals surface area contributed by atoms with E-state index < -0.39 is 0 Å². The fourth-order valence-corrected chi connectivity index (χ4v) is 1.62. The lowest BCUT2D eigenvalue weighted by Gasteiger charge is -2.23. The molecule has 0 spiro atoms. The van der Waals surface area contributed by atoms with Crippen LogP contribution in [-0.4, -0.2) is 19.6 Å². The average molecular weight is 250 g/mol. The lowest BCUT2D eigenvalue weighted by atomic mass is 9.86. The van der Waals surface area contributed by atoms with Crippen LogP contribution in [0.25, 0.3) is 0 Å². The van der Waals surface area contributed by atoms with Crippen molar-refractivity contribution < 1.29 is 9.47 Å². The summed E-state index contributed by atoms with van der Waals surface area (Å²) in [5.74, 6) is 1.78. The van der Waals surface area contributed by atoms with Gasteiger partial charge in [-0.25, -0.2) is 0 Å². The minimum absolute atomic E-state index is 0.0277. The molecule has 0 heterocycles. The number of rotatable bonds is 5. The first kappa shape index (κ1) is 14.4. The number of nitrogens with one attached hydrogen (secondary N) is 1. The zero-order chi connectivity index (χ0) is 13.8. The first-order valence-electron chi connectivity index (χ1n) is 5.99.